The van der Waals surface area contributed by atoms with Crippen molar-refractivity contribution in [2.45, 2.75) is 25.2 Å². The lowest BCUT2D eigenvalue weighted by Crippen LogP contribution is -2.22. The maximum atomic E-state index is 11.9. The van der Waals surface area contributed by atoms with E-state index in [4.69, 9.17) is 0 Å². The van der Waals surface area contributed by atoms with Gasteiger partial charge in [0, 0.05) is 24.1 Å². The largest absolute Gasteiger partial charge is 0.356 e. The lowest BCUT2D eigenvalue weighted by molar-refractivity contribution is -0.118. The molecule has 1 unspecified atom stereocenters. The molecule has 0 aromatic heterocycles. The molecule has 1 atom stereocenters. The van der Waals surface area contributed by atoms with Gasteiger partial charge in [-0.1, -0.05) is 31.2 Å². The second kappa shape index (κ2) is 6.66. The first-order chi connectivity index (χ1) is 9.61. The van der Waals surface area contributed by atoms with Crippen LogP contribution < -0.4 is 5.32 Å². The van der Waals surface area contributed by atoms with Crippen molar-refractivity contribution in [3.05, 3.63) is 42.0 Å². The molecule has 2 aromatic rings. The molecule has 4 heteroatoms. The SMILES string of the molecule is CCS(=O)c1ccc2cccc(CCNC(C)=O)c2c1. The maximum absolute atomic E-state index is 11.9. The van der Waals surface area contributed by atoms with Gasteiger partial charge in [0.2, 0.25) is 5.91 Å². The van der Waals surface area contributed by atoms with Crippen molar-refractivity contribution in [2.75, 3.05) is 12.3 Å². The number of nitrogens with one attached hydrogen (secondary N) is 1. The van der Waals surface area contributed by atoms with Gasteiger partial charge in [0.25, 0.3) is 0 Å². The average molecular weight is 289 g/mol. The zero-order chi connectivity index (χ0) is 14.5. The monoisotopic (exact) mass is 289 g/mol. The Balaban J connectivity index is 2.33. The number of hydrogen-bond acceptors (Lipinski definition) is 2. The third kappa shape index (κ3) is 3.45. The van der Waals surface area contributed by atoms with Crippen molar-refractivity contribution in [2.24, 2.45) is 0 Å². The van der Waals surface area contributed by atoms with E-state index in [1.165, 1.54) is 12.5 Å². The molecule has 0 saturated heterocycles. The number of fused-ring (bicyclic) bond motifs is 1. The van der Waals surface area contributed by atoms with E-state index in [2.05, 4.69) is 17.4 Å². The number of carbonyl (C=O) groups is 1. The zero-order valence-corrected chi connectivity index (χ0v) is 12.6. The van der Waals surface area contributed by atoms with Gasteiger partial charge in [-0.15, -0.1) is 0 Å². The van der Waals surface area contributed by atoms with Gasteiger partial charge in [-0.25, -0.2) is 0 Å². The Morgan fingerprint density at radius 1 is 1.25 bits per heavy atom. The van der Waals surface area contributed by atoms with Crippen molar-refractivity contribution in [1.29, 1.82) is 0 Å². The van der Waals surface area contributed by atoms with E-state index in [-0.39, 0.29) is 5.91 Å². The molecule has 2 rings (SSSR count). The minimum atomic E-state index is -0.937. The molecule has 106 valence electrons. The molecule has 20 heavy (non-hydrogen) atoms. The molecule has 0 heterocycles. The van der Waals surface area contributed by atoms with Crippen LogP contribution in [0.1, 0.15) is 19.4 Å². The molecule has 0 fully saturated rings. The summed E-state index contributed by atoms with van der Waals surface area (Å²) < 4.78 is 11.9. The van der Waals surface area contributed by atoms with Gasteiger partial charge in [-0.2, -0.15) is 0 Å². The third-order valence-electron chi connectivity index (χ3n) is 3.24. The predicted octanol–water partition coefficient (Wildman–Crippen LogP) is 2.65. The lowest BCUT2D eigenvalue weighted by Gasteiger charge is -2.09. The minimum absolute atomic E-state index is 0.0157. The third-order valence-corrected chi connectivity index (χ3v) is 4.54. The first kappa shape index (κ1) is 14.7. The van der Waals surface area contributed by atoms with Crippen LogP contribution in [0.25, 0.3) is 10.8 Å². The Morgan fingerprint density at radius 3 is 2.75 bits per heavy atom. The topological polar surface area (TPSA) is 46.2 Å². The van der Waals surface area contributed by atoms with Crippen LogP contribution in [-0.2, 0) is 22.0 Å². The molecule has 1 amide bonds. The van der Waals surface area contributed by atoms with Crippen molar-refractivity contribution in [3.63, 3.8) is 0 Å². The maximum Gasteiger partial charge on any atom is 0.216 e. The quantitative estimate of drug-likeness (QED) is 0.920. The molecule has 0 aliphatic rings. The second-order valence-corrected chi connectivity index (χ2v) is 6.41. The summed E-state index contributed by atoms with van der Waals surface area (Å²) in [6, 6.07) is 12.1. The fourth-order valence-corrected chi connectivity index (χ4v) is 3.02. The van der Waals surface area contributed by atoms with Gasteiger partial charge in [-0.05, 0) is 34.9 Å². The van der Waals surface area contributed by atoms with Crippen LogP contribution in [0.4, 0.5) is 0 Å². The number of rotatable bonds is 5. The Hall–Kier alpha value is -1.68. The van der Waals surface area contributed by atoms with E-state index in [1.807, 2.05) is 31.2 Å². The Labute approximate surface area is 121 Å². The highest BCUT2D eigenvalue weighted by Crippen LogP contribution is 2.22. The van der Waals surface area contributed by atoms with Crippen LogP contribution in [-0.4, -0.2) is 22.4 Å². The van der Waals surface area contributed by atoms with Crippen molar-refractivity contribution in [3.8, 4) is 0 Å². The van der Waals surface area contributed by atoms with Crippen LogP contribution in [0.5, 0.6) is 0 Å². The normalized spacial score (nSPS) is 12.3. The number of hydrogen-bond donors (Lipinski definition) is 1. The number of carbonyl (C=O) groups excluding carboxylic acids is 1. The van der Waals surface area contributed by atoms with Crippen molar-refractivity contribution < 1.29 is 9.00 Å². The Kier molecular flexibility index (Phi) is 4.90. The summed E-state index contributed by atoms with van der Waals surface area (Å²) >= 11 is 0. The summed E-state index contributed by atoms with van der Waals surface area (Å²) in [6.07, 6.45) is 0.777. The van der Waals surface area contributed by atoms with E-state index in [0.29, 0.717) is 12.3 Å². The summed E-state index contributed by atoms with van der Waals surface area (Å²) in [5, 5.41) is 5.07. The van der Waals surface area contributed by atoms with Gasteiger partial charge in [-0.3, -0.25) is 9.00 Å². The van der Waals surface area contributed by atoms with Gasteiger partial charge < -0.3 is 5.32 Å². The molecule has 0 aliphatic carbocycles. The van der Waals surface area contributed by atoms with Crippen LogP contribution in [0.15, 0.2) is 41.3 Å². The average Bonchev–Trinajstić information content (AvgIpc) is 2.46. The predicted molar refractivity (Wildman–Crippen MR) is 83.3 cm³/mol. The Bertz CT molecular complexity index is 652. The van der Waals surface area contributed by atoms with E-state index in [0.717, 1.165) is 22.1 Å². The van der Waals surface area contributed by atoms with Crippen molar-refractivity contribution in [1.82, 2.24) is 5.32 Å². The number of benzene rings is 2. The van der Waals surface area contributed by atoms with Gasteiger partial charge in [0.15, 0.2) is 0 Å². The minimum Gasteiger partial charge on any atom is -0.356 e. The molecule has 0 radical (unpaired) electrons. The zero-order valence-electron chi connectivity index (χ0n) is 11.8. The van der Waals surface area contributed by atoms with Gasteiger partial charge in [0.1, 0.15) is 0 Å². The van der Waals surface area contributed by atoms with E-state index >= 15 is 0 Å². The lowest BCUT2D eigenvalue weighted by atomic mass is 10.0. The first-order valence-electron chi connectivity index (χ1n) is 6.76. The first-order valence-corrected chi connectivity index (χ1v) is 8.08. The summed E-state index contributed by atoms with van der Waals surface area (Å²) in [6.45, 7) is 4.06. The van der Waals surface area contributed by atoms with Gasteiger partial charge in [0.05, 0.1) is 10.8 Å². The molecule has 2 aromatic carbocycles. The fraction of sp³-hybridized carbons (Fsp3) is 0.312. The van der Waals surface area contributed by atoms with Crippen molar-refractivity contribution >= 4 is 27.5 Å². The summed E-state index contributed by atoms with van der Waals surface area (Å²) in [5.74, 6) is 0.609. The Morgan fingerprint density at radius 2 is 2.05 bits per heavy atom. The number of amides is 1. The molecule has 0 aliphatic heterocycles. The highest BCUT2D eigenvalue weighted by atomic mass is 32.2. The van der Waals surface area contributed by atoms with Crippen LogP contribution >= 0.6 is 0 Å². The summed E-state index contributed by atoms with van der Waals surface area (Å²) in [5.41, 5.74) is 1.17. The van der Waals surface area contributed by atoms with Crippen LogP contribution in [0.2, 0.25) is 0 Å². The standard InChI is InChI=1S/C16H19NO2S/c1-3-20(19)15-8-7-13-5-4-6-14(16(13)11-15)9-10-17-12(2)18/h4-8,11H,3,9-10H2,1-2H3,(H,17,18). The summed E-state index contributed by atoms with van der Waals surface area (Å²) in [4.78, 5) is 11.8. The molecule has 0 saturated carbocycles. The van der Waals surface area contributed by atoms with Crippen LogP contribution in [0, 0.1) is 0 Å². The molecule has 0 spiro atoms. The van der Waals surface area contributed by atoms with Gasteiger partial charge >= 0.3 is 0 Å². The second-order valence-electron chi connectivity index (χ2n) is 4.67. The van der Waals surface area contributed by atoms with E-state index in [9.17, 15) is 9.00 Å². The molecular formula is C16H19NO2S. The molecule has 3 nitrogen and oxygen atoms in total. The molecular weight excluding hydrogens is 270 g/mol. The van der Waals surface area contributed by atoms with E-state index < -0.39 is 10.8 Å². The van der Waals surface area contributed by atoms with E-state index in [1.54, 1.807) is 0 Å². The molecule has 0 bridgehead atoms. The highest BCUT2D eigenvalue weighted by Gasteiger charge is 2.06. The fourth-order valence-electron chi connectivity index (χ4n) is 2.22. The molecule has 1 N–H and O–H groups in total. The summed E-state index contributed by atoms with van der Waals surface area (Å²) in [7, 11) is -0.937. The smallest absolute Gasteiger partial charge is 0.216 e. The highest BCUT2D eigenvalue weighted by molar-refractivity contribution is 7.85. The van der Waals surface area contributed by atoms with Crippen LogP contribution in [0.3, 0.4) is 0 Å².